The number of piperidine rings is 1. The second kappa shape index (κ2) is 10.8. The van der Waals surface area contributed by atoms with Crippen molar-refractivity contribution in [3.63, 3.8) is 0 Å². The van der Waals surface area contributed by atoms with Crippen molar-refractivity contribution in [2.45, 2.75) is 63.6 Å². The van der Waals surface area contributed by atoms with E-state index in [4.69, 9.17) is 9.26 Å². The number of benzene rings is 1. The summed E-state index contributed by atoms with van der Waals surface area (Å²) in [5, 5.41) is 5.50. The zero-order valence-electron chi connectivity index (χ0n) is 21.5. The van der Waals surface area contributed by atoms with E-state index in [9.17, 15) is 0 Å². The molecule has 3 fully saturated rings. The monoisotopic (exact) mass is 489 g/mol. The molecule has 6 rings (SSSR count). The average Bonchev–Trinajstić information content (AvgIpc) is 3.37. The summed E-state index contributed by atoms with van der Waals surface area (Å²) < 4.78 is 11.7. The Balaban J connectivity index is 0.972. The van der Waals surface area contributed by atoms with E-state index in [1.54, 1.807) is 0 Å². The predicted molar refractivity (Wildman–Crippen MR) is 142 cm³/mol. The van der Waals surface area contributed by atoms with Crippen molar-refractivity contribution in [3.05, 3.63) is 48.2 Å². The number of fused-ring (bicyclic) bond motifs is 2. The molecule has 1 aromatic carbocycles. The van der Waals surface area contributed by atoms with Gasteiger partial charge in [0, 0.05) is 63.0 Å². The molecule has 2 unspecified atom stereocenters. The Morgan fingerprint density at radius 2 is 1.89 bits per heavy atom. The van der Waals surface area contributed by atoms with E-state index < -0.39 is 0 Å². The molecule has 0 bridgehead atoms. The Kier molecular flexibility index (Phi) is 7.10. The average molecular weight is 490 g/mol. The van der Waals surface area contributed by atoms with E-state index in [1.807, 2.05) is 18.3 Å². The SMILES string of the molecule is CN(Cc1ccc(OCC2CCC3CN(c4noc5ccccc45)CCN3C2)nc1)C1CCCCC1. The third kappa shape index (κ3) is 5.23. The number of rotatable bonds is 7. The molecule has 2 atom stereocenters. The number of pyridine rings is 1. The Hall–Kier alpha value is -2.64. The fourth-order valence-corrected chi connectivity index (χ4v) is 6.42. The lowest BCUT2D eigenvalue weighted by molar-refractivity contribution is 0.0716. The molecule has 1 aliphatic carbocycles. The molecule has 2 saturated heterocycles. The smallest absolute Gasteiger partial charge is 0.213 e. The molecular weight excluding hydrogens is 450 g/mol. The first-order valence-corrected chi connectivity index (χ1v) is 13.8. The standard InChI is InChI=1S/C29H39N5O2/c1-32(24-7-3-2-4-8-24)18-22-12-14-28(30-17-22)35-21-23-11-13-25-20-34(16-15-33(25)19-23)29-26-9-5-6-10-27(26)36-31-29/h5-6,9-10,12,14,17,23-25H,2-4,7-8,11,13,15-16,18-21H2,1H3. The third-order valence-electron chi connectivity index (χ3n) is 8.56. The van der Waals surface area contributed by atoms with Gasteiger partial charge in [-0.3, -0.25) is 9.80 Å². The van der Waals surface area contributed by atoms with Crippen LogP contribution in [0.3, 0.4) is 0 Å². The molecule has 2 aliphatic heterocycles. The molecular formula is C29H39N5O2. The molecule has 1 saturated carbocycles. The maximum absolute atomic E-state index is 6.15. The van der Waals surface area contributed by atoms with Crippen molar-refractivity contribution < 1.29 is 9.26 Å². The summed E-state index contributed by atoms with van der Waals surface area (Å²) in [7, 11) is 2.25. The van der Waals surface area contributed by atoms with Gasteiger partial charge in [0.1, 0.15) is 0 Å². The summed E-state index contributed by atoms with van der Waals surface area (Å²) >= 11 is 0. The number of piperazine rings is 1. The van der Waals surface area contributed by atoms with Crippen molar-refractivity contribution in [3.8, 4) is 5.88 Å². The normalized spacial score (nSPS) is 23.8. The predicted octanol–water partition coefficient (Wildman–Crippen LogP) is 4.97. The number of anilines is 1. The molecule has 0 spiro atoms. The molecule has 7 nitrogen and oxygen atoms in total. The largest absolute Gasteiger partial charge is 0.477 e. The van der Waals surface area contributed by atoms with Gasteiger partial charge in [-0.15, -0.1) is 0 Å². The van der Waals surface area contributed by atoms with Gasteiger partial charge in [0.2, 0.25) is 5.88 Å². The quantitative estimate of drug-likeness (QED) is 0.465. The number of hydrogen-bond acceptors (Lipinski definition) is 7. The first-order chi connectivity index (χ1) is 17.7. The van der Waals surface area contributed by atoms with Crippen molar-refractivity contribution >= 4 is 16.8 Å². The summed E-state index contributed by atoms with van der Waals surface area (Å²) in [5.41, 5.74) is 2.14. The van der Waals surface area contributed by atoms with Crippen molar-refractivity contribution in [1.29, 1.82) is 0 Å². The lowest BCUT2D eigenvalue weighted by Crippen LogP contribution is -2.57. The molecule has 7 heteroatoms. The van der Waals surface area contributed by atoms with Crippen LogP contribution >= 0.6 is 0 Å². The fraction of sp³-hybridized carbons (Fsp3) is 0.586. The van der Waals surface area contributed by atoms with Crippen molar-refractivity contribution in [2.75, 3.05) is 44.7 Å². The summed E-state index contributed by atoms with van der Waals surface area (Å²) in [4.78, 5) is 12.2. The highest BCUT2D eigenvalue weighted by molar-refractivity contribution is 5.88. The van der Waals surface area contributed by atoms with Crippen LogP contribution in [0.1, 0.15) is 50.5 Å². The number of para-hydroxylation sites is 1. The number of ether oxygens (including phenoxy) is 1. The fourth-order valence-electron chi connectivity index (χ4n) is 6.42. The van der Waals surface area contributed by atoms with Gasteiger partial charge in [0.05, 0.1) is 12.0 Å². The zero-order chi connectivity index (χ0) is 24.3. The molecule has 2 aromatic heterocycles. The van der Waals surface area contributed by atoms with E-state index in [0.717, 1.165) is 68.0 Å². The van der Waals surface area contributed by atoms with Gasteiger partial charge in [0.25, 0.3) is 0 Å². The Morgan fingerprint density at radius 1 is 1.00 bits per heavy atom. The van der Waals surface area contributed by atoms with Gasteiger partial charge in [-0.25, -0.2) is 4.98 Å². The van der Waals surface area contributed by atoms with Gasteiger partial charge in [-0.1, -0.05) is 42.6 Å². The van der Waals surface area contributed by atoms with E-state index in [0.29, 0.717) is 12.0 Å². The highest BCUT2D eigenvalue weighted by atomic mass is 16.5. The van der Waals surface area contributed by atoms with Gasteiger partial charge in [-0.2, -0.15) is 0 Å². The van der Waals surface area contributed by atoms with Crippen molar-refractivity contribution in [1.82, 2.24) is 19.9 Å². The maximum Gasteiger partial charge on any atom is 0.213 e. The van der Waals surface area contributed by atoms with Crippen LogP contribution in [0.2, 0.25) is 0 Å². The number of hydrogen-bond donors (Lipinski definition) is 0. The molecule has 36 heavy (non-hydrogen) atoms. The van der Waals surface area contributed by atoms with Gasteiger partial charge in [-0.05, 0) is 50.4 Å². The lowest BCUT2D eigenvalue weighted by Gasteiger charge is -2.46. The van der Waals surface area contributed by atoms with Crippen LogP contribution in [0.25, 0.3) is 11.0 Å². The van der Waals surface area contributed by atoms with Crippen LogP contribution in [0.15, 0.2) is 47.1 Å². The van der Waals surface area contributed by atoms with Crippen LogP contribution in [-0.2, 0) is 6.54 Å². The minimum absolute atomic E-state index is 0.555. The van der Waals surface area contributed by atoms with Gasteiger partial charge < -0.3 is 14.2 Å². The summed E-state index contributed by atoms with van der Waals surface area (Å²) in [6.45, 7) is 5.88. The molecule has 0 N–H and O–H groups in total. The van der Waals surface area contributed by atoms with E-state index in [1.165, 1.54) is 50.5 Å². The van der Waals surface area contributed by atoms with Gasteiger partial charge >= 0.3 is 0 Å². The molecule has 4 heterocycles. The second-order valence-electron chi connectivity index (χ2n) is 11.1. The minimum atomic E-state index is 0.555. The Labute approximate surface area is 214 Å². The number of aromatic nitrogens is 2. The molecule has 3 aliphatic rings. The molecule has 192 valence electrons. The minimum Gasteiger partial charge on any atom is -0.477 e. The van der Waals surface area contributed by atoms with Gasteiger partial charge in [0.15, 0.2) is 11.4 Å². The molecule has 0 radical (unpaired) electrons. The van der Waals surface area contributed by atoms with Crippen LogP contribution in [0.4, 0.5) is 5.82 Å². The summed E-state index contributed by atoms with van der Waals surface area (Å²) in [6, 6.07) is 13.7. The highest BCUT2D eigenvalue weighted by Crippen LogP contribution is 2.31. The van der Waals surface area contributed by atoms with Crippen LogP contribution < -0.4 is 9.64 Å². The van der Waals surface area contributed by atoms with E-state index in [2.05, 4.69) is 56.2 Å². The first-order valence-electron chi connectivity index (χ1n) is 13.8. The van der Waals surface area contributed by atoms with Crippen LogP contribution in [0.5, 0.6) is 5.88 Å². The first kappa shape index (κ1) is 23.7. The maximum atomic E-state index is 6.15. The molecule has 3 aromatic rings. The Bertz CT molecular complexity index is 1130. The van der Waals surface area contributed by atoms with E-state index >= 15 is 0 Å². The van der Waals surface area contributed by atoms with Crippen molar-refractivity contribution in [2.24, 2.45) is 5.92 Å². The second-order valence-corrected chi connectivity index (χ2v) is 11.1. The summed E-state index contributed by atoms with van der Waals surface area (Å²) in [5.74, 6) is 2.30. The topological polar surface area (TPSA) is 57.9 Å². The van der Waals surface area contributed by atoms with E-state index in [-0.39, 0.29) is 0 Å². The summed E-state index contributed by atoms with van der Waals surface area (Å²) in [6.07, 6.45) is 11.2. The molecule has 0 amide bonds. The zero-order valence-corrected chi connectivity index (χ0v) is 21.5. The highest BCUT2D eigenvalue weighted by Gasteiger charge is 2.34. The number of nitrogens with zero attached hydrogens (tertiary/aromatic N) is 5. The van der Waals surface area contributed by atoms with Crippen LogP contribution in [0, 0.1) is 5.92 Å². The van der Waals surface area contributed by atoms with Crippen LogP contribution in [-0.4, -0.2) is 71.9 Å². The third-order valence-corrected chi connectivity index (χ3v) is 8.56. The Morgan fingerprint density at radius 3 is 2.75 bits per heavy atom. The lowest BCUT2D eigenvalue weighted by atomic mass is 9.91.